The molecule has 0 aliphatic rings. The Morgan fingerprint density at radius 2 is 2.06 bits per heavy atom. The number of hydrogen-bond donors (Lipinski definition) is 0. The highest BCUT2D eigenvalue weighted by molar-refractivity contribution is 7.99. The number of halogens is 1. The zero-order valence-corrected chi connectivity index (χ0v) is 11.3. The van der Waals surface area contributed by atoms with Crippen molar-refractivity contribution in [2.75, 3.05) is 12.4 Å². The van der Waals surface area contributed by atoms with E-state index in [1.165, 1.54) is 0 Å². The van der Waals surface area contributed by atoms with Crippen LogP contribution in [0, 0.1) is 5.92 Å². The van der Waals surface area contributed by atoms with Crippen LogP contribution in [0.1, 0.15) is 27.2 Å². The summed E-state index contributed by atoms with van der Waals surface area (Å²) in [5, 5.41) is 0.812. The SMILES string of the molecule is CCCOc1nc(Cl)nc(SCC(C)C)n1. The summed E-state index contributed by atoms with van der Waals surface area (Å²) < 4.78 is 5.32. The summed E-state index contributed by atoms with van der Waals surface area (Å²) in [6, 6.07) is 0.313. The fraction of sp³-hybridized carbons (Fsp3) is 0.700. The van der Waals surface area contributed by atoms with Crippen LogP contribution in [0.2, 0.25) is 5.28 Å². The van der Waals surface area contributed by atoms with Crippen molar-refractivity contribution in [3.63, 3.8) is 0 Å². The van der Waals surface area contributed by atoms with Crippen molar-refractivity contribution >= 4 is 23.4 Å². The molecule has 1 rings (SSSR count). The van der Waals surface area contributed by atoms with Gasteiger partial charge >= 0.3 is 6.01 Å². The summed E-state index contributed by atoms with van der Waals surface area (Å²) in [6.07, 6.45) is 0.914. The zero-order chi connectivity index (χ0) is 12.0. The Labute approximate surface area is 105 Å². The van der Waals surface area contributed by atoms with Gasteiger partial charge < -0.3 is 4.74 Å². The maximum absolute atomic E-state index is 5.79. The highest BCUT2D eigenvalue weighted by Gasteiger charge is 2.07. The van der Waals surface area contributed by atoms with E-state index in [9.17, 15) is 0 Å². The second kappa shape index (κ2) is 6.91. The van der Waals surface area contributed by atoms with Gasteiger partial charge in [-0.15, -0.1) is 0 Å². The molecule has 0 atom stereocenters. The third kappa shape index (κ3) is 4.99. The van der Waals surface area contributed by atoms with Gasteiger partial charge in [0.1, 0.15) is 0 Å². The number of hydrogen-bond acceptors (Lipinski definition) is 5. The van der Waals surface area contributed by atoms with Crippen LogP contribution in [0.4, 0.5) is 0 Å². The Hall–Kier alpha value is -0.550. The van der Waals surface area contributed by atoms with E-state index in [1.807, 2.05) is 6.92 Å². The molecular weight excluding hydrogens is 246 g/mol. The average Bonchev–Trinajstić information content (AvgIpc) is 2.23. The van der Waals surface area contributed by atoms with Crippen LogP contribution in [0.25, 0.3) is 0 Å². The molecule has 0 radical (unpaired) electrons. The molecule has 0 saturated carbocycles. The number of nitrogens with zero attached hydrogens (tertiary/aromatic N) is 3. The van der Waals surface area contributed by atoms with E-state index in [1.54, 1.807) is 11.8 Å². The molecule has 0 aliphatic carbocycles. The molecule has 1 heterocycles. The third-order valence-electron chi connectivity index (χ3n) is 1.55. The lowest BCUT2D eigenvalue weighted by atomic mass is 10.3. The van der Waals surface area contributed by atoms with Crippen LogP contribution in [0.3, 0.4) is 0 Å². The number of thioether (sulfide) groups is 1. The monoisotopic (exact) mass is 261 g/mol. The van der Waals surface area contributed by atoms with Crippen molar-refractivity contribution in [1.82, 2.24) is 15.0 Å². The predicted molar refractivity (Wildman–Crippen MR) is 66.2 cm³/mol. The van der Waals surface area contributed by atoms with Crippen molar-refractivity contribution in [3.8, 4) is 6.01 Å². The normalized spacial score (nSPS) is 10.8. The maximum atomic E-state index is 5.79. The zero-order valence-electron chi connectivity index (χ0n) is 9.73. The minimum Gasteiger partial charge on any atom is -0.463 e. The molecule has 4 nitrogen and oxygen atoms in total. The third-order valence-corrected chi connectivity index (χ3v) is 2.99. The van der Waals surface area contributed by atoms with Gasteiger partial charge in [0, 0.05) is 5.75 Å². The molecule has 0 amide bonds. The summed E-state index contributed by atoms with van der Waals surface area (Å²) >= 11 is 7.35. The molecular formula is C10H16ClN3OS. The number of aromatic nitrogens is 3. The Bertz CT molecular complexity index is 336. The molecule has 0 saturated heterocycles. The largest absolute Gasteiger partial charge is 0.463 e. The second-order valence-electron chi connectivity index (χ2n) is 3.72. The first kappa shape index (κ1) is 13.5. The first-order valence-electron chi connectivity index (χ1n) is 5.29. The molecule has 6 heteroatoms. The van der Waals surface area contributed by atoms with E-state index in [-0.39, 0.29) is 5.28 Å². The van der Waals surface area contributed by atoms with Gasteiger partial charge in [-0.25, -0.2) is 0 Å². The highest BCUT2D eigenvalue weighted by atomic mass is 35.5. The smallest absolute Gasteiger partial charge is 0.321 e. The van der Waals surface area contributed by atoms with Gasteiger partial charge in [-0.3, -0.25) is 0 Å². The molecule has 0 spiro atoms. The topological polar surface area (TPSA) is 47.9 Å². The van der Waals surface area contributed by atoms with Gasteiger partial charge in [-0.1, -0.05) is 32.5 Å². The van der Waals surface area contributed by atoms with E-state index in [4.69, 9.17) is 16.3 Å². The van der Waals surface area contributed by atoms with Gasteiger partial charge in [0.25, 0.3) is 0 Å². The molecule has 1 aromatic rings. The van der Waals surface area contributed by atoms with Crippen molar-refractivity contribution in [1.29, 1.82) is 0 Å². The molecule has 1 aromatic heterocycles. The fourth-order valence-corrected chi connectivity index (χ4v) is 1.86. The van der Waals surface area contributed by atoms with Crippen molar-refractivity contribution in [2.45, 2.75) is 32.3 Å². The van der Waals surface area contributed by atoms with Gasteiger partial charge in [0.2, 0.25) is 5.28 Å². The molecule has 0 N–H and O–H groups in total. The van der Waals surface area contributed by atoms with Gasteiger partial charge in [0.05, 0.1) is 6.61 Å². The second-order valence-corrected chi connectivity index (χ2v) is 5.05. The standard InChI is InChI=1S/C10H16ClN3OS/c1-4-5-15-9-12-8(11)13-10(14-9)16-6-7(2)3/h7H,4-6H2,1-3H3. The van der Waals surface area contributed by atoms with E-state index >= 15 is 0 Å². The van der Waals surface area contributed by atoms with Crippen LogP contribution >= 0.6 is 23.4 Å². The molecule has 16 heavy (non-hydrogen) atoms. The Balaban J connectivity index is 2.65. The van der Waals surface area contributed by atoms with Gasteiger partial charge in [-0.05, 0) is 23.9 Å². The quantitative estimate of drug-likeness (QED) is 0.737. The van der Waals surface area contributed by atoms with E-state index in [0.29, 0.717) is 23.7 Å². The predicted octanol–water partition coefficient (Wildman–Crippen LogP) is 3.06. The van der Waals surface area contributed by atoms with Crippen LogP contribution in [0.5, 0.6) is 6.01 Å². The van der Waals surface area contributed by atoms with Crippen molar-refractivity contribution in [2.24, 2.45) is 5.92 Å². The van der Waals surface area contributed by atoms with E-state index in [0.717, 1.165) is 12.2 Å². The molecule has 90 valence electrons. The molecule has 0 aromatic carbocycles. The summed E-state index contributed by atoms with van der Waals surface area (Å²) in [5.41, 5.74) is 0. The first-order chi connectivity index (χ1) is 7.61. The lowest BCUT2D eigenvalue weighted by Crippen LogP contribution is -2.03. The lowest BCUT2D eigenvalue weighted by molar-refractivity contribution is 0.288. The van der Waals surface area contributed by atoms with Crippen LogP contribution in [-0.2, 0) is 0 Å². The summed E-state index contributed by atoms with van der Waals surface area (Å²) in [7, 11) is 0. The van der Waals surface area contributed by atoms with E-state index in [2.05, 4.69) is 28.8 Å². The van der Waals surface area contributed by atoms with Crippen LogP contribution < -0.4 is 4.74 Å². The summed E-state index contributed by atoms with van der Waals surface area (Å²) in [6.45, 7) is 6.90. The lowest BCUT2D eigenvalue weighted by Gasteiger charge is -2.06. The Morgan fingerprint density at radius 3 is 2.69 bits per heavy atom. The molecule has 0 fully saturated rings. The number of ether oxygens (including phenoxy) is 1. The molecule has 0 bridgehead atoms. The summed E-state index contributed by atoms with van der Waals surface area (Å²) in [4.78, 5) is 12.1. The average molecular weight is 262 g/mol. The van der Waals surface area contributed by atoms with Crippen LogP contribution in [-0.4, -0.2) is 27.3 Å². The molecule has 0 unspecified atom stereocenters. The maximum Gasteiger partial charge on any atom is 0.321 e. The summed E-state index contributed by atoms with van der Waals surface area (Å²) in [5.74, 6) is 1.54. The van der Waals surface area contributed by atoms with Crippen molar-refractivity contribution in [3.05, 3.63) is 5.28 Å². The molecule has 0 aliphatic heterocycles. The minimum atomic E-state index is 0.187. The van der Waals surface area contributed by atoms with Gasteiger partial charge in [-0.2, -0.15) is 15.0 Å². The highest BCUT2D eigenvalue weighted by Crippen LogP contribution is 2.19. The van der Waals surface area contributed by atoms with E-state index < -0.39 is 0 Å². The van der Waals surface area contributed by atoms with Crippen molar-refractivity contribution < 1.29 is 4.74 Å². The van der Waals surface area contributed by atoms with Gasteiger partial charge in [0.15, 0.2) is 5.16 Å². The fourth-order valence-electron chi connectivity index (χ4n) is 0.878. The Kier molecular flexibility index (Phi) is 5.84. The van der Waals surface area contributed by atoms with Crippen LogP contribution in [0.15, 0.2) is 5.16 Å². The minimum absolute atomic E-state index is 0.187. The Morgan fingerprint density at radius 1 is 1.31 bits per heavy atom. The first-order valence-corrected chi connectivity index (χ1v) is 6.65. The number of rotatable bonds is 6.